The number of hydrogen-bond donors (Lipinski definition) is 1. The first-order valence-electron chi connectivity index (χ1n) is 9.52. The molecule has 152 valence electrons. The molecule has 2 aromatic heterocycles. The molecule has 1 N–H and O–H groups in total. The number of anilines is 1. The lowest BCUT2D eigenvalue weighted by molar-refractivity contribution is -0.118. The maximum Gasteiger partial charge on any atom is 0.338 e. The number of aromatic nitrogens is 3. The summed E-state index contributed by atoms with van der Waals surface area (Å²) in [7, 11) is 4.78. The fourth-order valence-corrected chi connectivity index (χ4v) is 4.24. The van der Waals surface area contributed by atoms with E-state index in [4.69, 9.17) is 14.5 Å². The quantitative estimate of drug-likeness (QED) is 0.528. The highest BCUT2D eigenvalue weighted by molar-refractivity contribution is 6.08. The molecular weight excluding hydrogens is 384 g/mol. The van der Waals surface area contributed by atoms with Crippen LogP contribution >= 0.6 is 0 Å². The van der Waals surface area contributed by atoms with Crippen molar-refractivity contribution in [1.29, 1.82) is 0 Å². The van der Waals surface area contributed by atoms with Crippen LogP contribution in [0.3, 0.4) is 0 Å². The largest absolute Gasteiger partial charge is 0.494 e. The predicted molar refractivity (Wildman–Crippen MR) is 113 cm³/mol. The minimum Gasteiger partial charge on any atom is -0.494 e. The van der Waals surface area contributed by atoms with Crippen molar-refractivity contribution in [3.8, 4) is 17.3 Å². The molecule has 0 aliphatic carbocycles. The average Bonchev–Trinajstić information content (AvgIpc) is 3.29. The van der Waals surface area contributed by atoms with Crippen LogP contribution in [0.2, 0.25) is 0 Å². The zero-order chi connectivity index (χ0) is 21.2. The third kappa shape index (κ3) is 2.36. The van der Waals surface area contributed by atoms with Gasteiger partial charge in [0.25, 0.3) is 0 Å². The first kappa shape index (κ1) is 18.2. The van der Waals surface area contributed by atoms with Gasteiger partial charge in [-0.1, -0.05) is 12.1 Å². The normalized spacial score (nSPS) is 15.5. The van der Waals surface area contributed by atoms with Crippen LogP contribution in [-0.4, -0.2) is 40.2 Å². The molecular formula is C22H20N4O4. The molecule has 1 unspecified atom stereocenters. The van der Waals surface area contributed by atoms with Crippen molar-refractivity contribution >= 4 is 39.5 Å². The number of aryl methyl sites for hydroxylation is 1. The van der Waals surface area contributed by atoms with Gasteiger partial charge in [-0.3, -0.25) is 4.79 Å². The standard InChI is InChI=1S/C22H20N4O4/c1-11-21(27)24-14-7-5-6-12-9-16(26(11)18(12)14)20-23-15-8-13(22(28)30-4)10-17(29-3)19(15)25(20)2/h5-11H,1-4H3,(H,24,27). The Labute approximate surface area is 172 Å². The summed E-state index contributed by atoms with van der Waals surface area (Å²) >= 11 is 0. The number of fused-ring (bicyclic) bond motifs is 1. The van der Waals surface area contributed by atoms with E-state index >= 15 is 0 Å². The Kier molecular flexibility index (Phi) is 3.86. The number of carbonyl (C=O) groups excluding carboxylic acids is 2. The highest BCUT2D eigenvalue weighted by atomic mass is 16.5. The minimum absolute atomic E-state index is 0.0724. The van der Waals surface area contributed by atoms with Crippen molar-refractivity contribution in [2.45, 2.75) is 13.0 Å². The van der Waals surface area contributed by atoms with Gasteiger partial charge >= 0.3 is 5.97 Å². The summed E-state index contributed by atoms with van der Waals surface area (Å²) in [6.45, 7) is 1.87. The van der Waals surface area contributed by atoms with Gasteiger partial charge in [0.2, 0.25) is 5.91 Å². The van der Waals surface area contributed by atoms with Crippen LogP contribution in [0.25, 0.3) is 33.5 Å². The summed E-state index contributed by atoms with van der Waals surface area (Å²) in [6.07, 6.45) is 0. The predicted octanol–water partition coefficient (Wildman–Crippen LogP) is 3.50. The highest BCUT2D eigenvalue weighted by Crippen LogP contribution is 2.40. The molecule has 4 aromatic rings. The molecule has 0 fully saturated rings. The summed E-state index contributed by atoms with van der Waals surface area (Å²) in [4.78, 5) is 29.4. The first-order valence-corrected chi connectivity index (χ1v) is 9.52. The molecule has 5 rings (SSSR count). The van der Waals surface area contributed by atoms with Crippen molar-refractivity contribution < 1.29 is 19.1 Å². The molecule has 0 saturated heterocycles. The first-order chi connectivity index (χ1) is 14.4. The van der Waals surface area contributed by atoms with Gasteiger partial charge in [0.05, 0.1) is 42.2 Å². The SMILES string of the molecule is COC(=O)c1cc(OC)c2c(c1)nc(-c1cc3cccc4c3n1C(C)C(=O)N4)n2C. The van der Waals surface area contributed by atoms with Gasteiger partial charge in [0.1, 0.15) is 17.3 Å². The second kappa shape index (κ2) is 6.35. The van der Waals surface area contributed by atoms with Crippen LogP contribution in [0.15, 0.2) is 36.4 Å². The van der Waals surface area contributed by atoms with E-state index in [9.17, 15) is 9.59 Å². The second-order valence-corrected chi connectivity index (χ2v) is 7.34. The molecule has 1 amide bonds. The topological polar surface area (TPSA) is 87.4 Å². The van der Waals surface area contributed by atoms with Crippen LogP contribution < -0.4 is 10.1 Å². The van der Waals surface area contributed by atoms with E-state index in [2.05, 4.69) is 5.32 Å². The van der Waals surface area contributed by atoms with Gasteiger partial charge in [-0.15, -0.1) is 0 Å². The number of amides is 1. The molecule has 8 heteroatoms. The summed E-state index contributed by atoms with van der Waals surface area (Å²) in [5.74, 6) is 0.669. The van der Waals surface area contributed by atoms with E-state index in [1.807, 2.05) is 47.4 Å². The molecule has 1 atom stereocenters. The van der Waals surface area contributed by atoms with Crippen LogP contribution in [0.4, 0.5) is 5.69 Å². The van der Waals surface area contributed by atoms with Gasteiger partial charge < -0.3 is 23.9 Å². The van der Waals surface area contributed by atoms with E-state index in [0.29, 0.717) is 22.7 Å². The van der Waals surface area contributed by atoms with Crippen LogP contribution in [0, 0.1) is 0 Å². The zero-order valence-corrected chi connectivity index (χ0v) is 17.0. The zero-order valence-electron chi connectivity index (χ0n) is 17.0. The van der Waals surface area contributed by atoms with Gasteiger partial charge in [0.15, 0.2) is 5.82 Å². The number of hydrogen-bond acceptors (Lipinski definition) is 5. The Balaban J connectivity index is 1.82. The maximum absolute atomic E-state index is 12.6. The van der Waals surface area contributed by atoms with Crippen LogP contribution in [0.1, 0.15) is 23.3 Å². The Morgan fingerprint density at radius 3 is 2.70 bits per heavy atom. The van der Waals surface area contributed by atoms with Crippen molar-refractivity contribution in [3.63, 3.8) is 0 Å². The van der Waals surface area contributed by atoms with Crippen LogP contribution in [0.5, 0.6) is 5.75 Å². The van der Waals surface area contributed by atoms with Crippen molar-refractivity contribution in [2.24, 2.45) is 7.05 Å². The van der Waals surface area contributed by atoms with Gasteiger partial charge in [-0.2, -0.15) is 0 Å². The summed E-state index contributed by atoms with van der Waals surface area (Å²) < 4.78 is 14.3. The molecule has 2 aromatic carbocycles. The third-order valence-corrected chi connectivity index (χ3v) is 5.69. The minimum atomic E-state index is -0.458. The van der Waals surface area contributed by atoms with E-state index < -0.39 is 5.97 Å². The fourth-order valence-electron chi connectivity index (χ4n) is 4.24. The average molecular weight is 404 g/mol. The number of benzene rings is 2. The summed E-state index contributed by atoms with van der Waals surface area (Å²) in [5.41, 5.74) is 4.30. The van der Waals surface area contributed by atoms with Crippen molar-refractivity contribution in [3.05, 3.63) is 42.0 Å². The Morgan fingerprint density at radius 2 is 1.97 bits per heavy atom. The molecule has 0 saturated carbocycles. The summed E-state index contributed by atoms with van der Waals surface area (Å²) in [6, 6.07) is 10.8. The fraction of sp³-hybridized carbons (Fsp3) is 0.227. The molecule has 0 spiro atoms. The lowest BCUT2D eigenvalue weighted by Gasteiger charge is -2.24. The lowest BCUT2D eigenvalue weighted by Crippen LogP contribution is -2.28. The molecule has 3 heterocycles. The van der Waals surface area contributed by atoms with Gasteiger partial charge in [0, 0.05) is 12.4 Å². The maximum atomic E-state index is 12.6. The van der Waals surface area contributed by atoms with Crippen LogP contribution in [-0.2, 0) is 16.6 Å². The van der Waals surface area contributed by atoms with Crippen molar-refractivity contribution in [2.75, 3.05) is 19.5 Å². The number of nitrogens with zero attached hydrogens (tertiary/aromatic N) is 3. The Bertz CT molecular complexity index is 1360. The van der Waals surface area contributed by atoms with Gasteiger partial charge in [-0.05, 0) is 31.2 Å². The van der Waals surface area contributed by atoms with E-state index in [1.165, 1.54) is 7.11 Å². The molecule has 0 bridgehead atoms. The monoisotopic (exact) mass is 404 g/mol. The highest BCUT2D eigenvalue weighted by Gasteiger charge is 2.29. The number of carbonyl (C=O) groups is 2. The Hall–Kier alpha value is -3.81. The van der Waals surface area contributed by atoms with E-state index in [1.54, 1.807) is 19.2 Å². The smallest absolute Gasteiger partial charge is 0.338 e. The number of esters is 1. The number of ether oxygens (including phenoxy) is 2. The number of para-hydroxylation sites is 1. The lowest BCUT2D eigenvalue weighted by atomic mass is 10.1. The Morgan fingerprint density at radius 1 is 1.17 bits per heavy atom. The summed E-state index contributed by atoms with van der Waals surface area (Å²) in [5, 5.41) is 3.98. The molecule has 1 aliphatic rings. The third-order valence-electron chi connectivity index (χ3n) is 5.69. The van der Waals surface area contributed by atoms with Crippen molar-refractivity contribution in [1.82, 2.24) is 14.1 Å². The number of methoxy groups -OCH3 is 2. The van der Waals surface area contributed by atoms with E-state index in [-0.39, 0.29) is 11.9 Å². The number of nitrogens with one attached hydrogen (secondary N) is 1. The number of rotatable bonds is 3. The molecule has 30 heavy (non-hydrogen) atoms. The second-order valence-electron chi connectivity index (χ2n) is 7.34. The van der Waals surface area contributed by atoms with E-state index in [0.717, 1.165) is 27.8 Å². The molecule has 1 aliphatic heterocycles. The number of imidazole rings is 1. The van der Waals surface area contributed by atoms with Gasteiger partial charge in [-0.25, -0.2) is 9.78 Å². The molecule has 8 nitrogen and oxygen atoms in total. The molecule has 0 radical (unpaired) electrons.